The summed E-state index contributed by atoms with van der Waals surface area (Å²) >= 11 is 0. The molecule has 2 N–H and O–H groups in total. The van der Waals surface area contributed by atoms with E-state index in [0.29, 0.717) is 0 Å². The van der Waals surface area contributed by atoms with Gasteiger partial charge in [0.05, 0.1) is 6.04 Å². The third-order valence-electron chi connectivity index (χ3n) is 2.56. The van der Waals surface area contributed by atoms with Gasteiger partial charge in [-0.1, -0.05) is 0 Å². The van der Waals surface area contributed by atoms with Gasteiger partial charge in [0.15, 0.2) is 0 Å². The minimum atomic E-state index is -1.07. The molecule has 0 aromatic rings. The molecule has 84 valence electrons. The molecule has 2 amide bonds. The summed E-state index contributed by atoms with van der Waals surface area (Å²) in [5.74, 6) is -1.67. The number of carbonyl (C=O) groups is 3. The van der Waals surface area contributed by atoms with Gasteiger partial charge < -0.3 is 10.4 Å². The van der Waals surface area contributed by atoms with Crippen molar-refractivity contribution in [3.63, 3.8) is 0 Å². The number of nitrogens with zero attached hydrogens (tertiary/aromatic N) is 1. The summed E-state index contributed by atoms with van der Waals surface area (Å²) in [4.78, 5) is 34.6. The van der Waals surface area contributed by atoms with Gasteiger partial charge in [0, 0.05) is 12.8 Å². The van der Waals surface area contributed by atoms with E-state index in [9.17, 15) is 14.4 Å². The van der Waals surface area contributed by atoms with E-state index in [0.717, 1.165) is 4.90 Å². The summed E-state index contributed by atoms with van der Waals surface area (Å²) in [6.07, 6.45) is 0.360. The normalized spacial score (nSPS) is 20.5. The van der Waals surface area contributed by atoms with Crippen LogP contribution < -0.4 is 5.32 Å². The summed E-state index contributed by atoms with van der Waals surface area (Å²) < 4.78 is 0. The van der Waals surface area contributed by atoms with Crippen molar-refractivity contribution in [2.24, 2.45) is 0 Å². The van der Waals surface area contributed by atoms with Crippen LogP contribution in [0.25, 0.3) is 0 Å². The minimum Gasteiger partial charge on any atom is -0.480 e. The molecule has 6 nitrogen and oxygen atoms in total. The van der Waals surface area contributed by atoms with E-state index in [4.69, 9.17) is 5.11 Å². The Morgan fingerprint density at radius 1 is 1.40 bits per heavy atom. The average molecular weight is 214 g/mol. The highest BCUT2D eigenvalue weighted by molar-refractivity contribution is 6.02. The largest absolute Gasteiger partial charge is 0.480 e. The van der Waals surface area contributed by atoms with Crippen LogP contribution in [0.15, 0.2) is 0 Å². The van der Waals surface area contributed by atoms with Gasteiger partial charge in [0.1, 0.15) is 6.04 Å². The zero-order chi connectivity index (χ0) is 11.6. The molecule has 2 atom stereocenters. The number of aliphatic carboxylic acids is 1. The fourth-order valence-corrected chi connectivity index (χ4v) is 1.77. The van der Waals surface area contributed by atoms with Gasteiger partial charge in [-0.3, -0.25) is 19.3 Å². The molecule has 1 fully saturated rings. The highest BCUT2D eigenvalue weighted by Crippen LogP contribution is 2.17. The monoisotopic (exact) mass is 214 g/mol. The molecule has 1 rings (SSSR count). The number of likely N-dealkylation sites (tertiary alicyclic amines) is 1. The Morgan fingerprint density at radius 2 is 1.87 bits per heavy atom. The lowest BCUT2D eigenvalue weighted by atomic mass is 10.1. The number of carboxylic acids is 1. The molecule has 1 aliphatic rings. The third kappa shape index (κ3) is 2.15. The van der Waals surface area contributed by atoms with Crippen molar-refractivity contribution in [1.29, 1.82) is 0 Å². The predicted octanol–water partition coefficient (Wildman–Crippen LogP) is -0.803. The molecule has 2 unspecified atom stereocenters. The van der Waals surface area contributed by atoms with Crippen molar-refractivity contribution in [2.45, 2.75) is 31.8 Å². The molecular formula is C9H14N2O4. The highest BCUT2D eigenvalue weighted by Gasteiger charge is 2.38. The molecule has 0 aliphatic carbocycles. The lowest BCUT2D eigenvalue weighted by molar-refractivity contribution is -0.146. The summed E-state index contributed by atoms with van der Waals surface area (Å²) in [6, 6.07) is -1.58. The van der Waals surface area contributed by atoms with Crippen LogP contribution in [0.2, 0.25) is 0 Å². The van der Waals surface area contributed by atoms with Gasteiger partial charge in [-0.15, -0.1) is 0 Å². The first kappa shape index (κ1) is 11.6. The van der Waals surface area contributed by atoms with E-state index in [2.05, 4.69) is 5.32 Å². The first-order valence-electron chi connectivity index (χ1n) is 4.74. The standard InChI is InChI=1S/C9H14N2O4/c1-5(8(10-2)9(14)15)11-6(12)3-4-7(11)13/h5,8,10H,3-4H2,1-2H3,(H,14,15). The average Bonchev–Trinajstić information content (AvgIpc) is 2.46. The van der Waals surface area contributed by atoms with Gasteiger partial charge in [-0.05, 0) is 14.0 Å². The second-order valence-corrected chi connectivity index (χ2v) is 3.50. The van der Waals surface area contributed by atoms with E-state index in [-0.39, 0.29) is 24.7 Å². The number of hydrogen-bond donors (Lipinski definition) is 2. The molecule has 15 heavy (non-hydrogen) atoms. The van der Waals surface area contributed by atoms with Gasteiger partial charge in [-0.25, -0.2) is 0 Å². The Bertz CT molecular complexity index is 286. The first-order valence-corrected chi connectivity index (χ1v) is 4.74. The Hall–Kier alpha value is -1.43. The summed E-state index contributed by atoms with van der Waals surface area (Å²) in [5, 5.41) is 11.4. The van der Waals surface area contributed by atoms with Crippen LogP contribution >= 0.6 is 0 Å². The number of carbonyl (C=O) groups excluding carboxylic acids is 2. The Morgan fingerprint density at radius 3 is 2.20 bits per heavy atom. The quantitative estimate of drug-likeness (QED) is 0.598. The third-order valence-corrected chi connectivity index (χ3v) is 2.56. The number of nitrogens with one attached hydrogen (secondary N) is 1. The number of likely N-dealkylation sites (N-methyl/N-ethyl adjacent to an activating group) is 1. The minimum absolute atomic E-state index is 0.180. The van der Waals surface area contributed by atoms with Gasteiger partial charge >= 0.3 is 5.97 Å². The van der Waals surface area contributed by atoms with Crippen LogP contribution in [-0.2, 0) is 14.4 Å². The zero-order valence-corrected chi connectivity index (χ0v) is 8.69. The van der Waals surface area contributed by atoms with E-state index in [1.165, 1.54) is 7.05 Å². The maximum Gasteiger partial charge on any atom is 0.322 e. The summed E-state index contributed by atoms with van der Waals surface area (Å²) in [7, 11) is 1.49. The number of hydrogen-bond acceptors (Lipinski definition) is 4. The van der Waals surface area contributed by atoms with Crippen LogP contribution in [0.3, 0.4) is 0 Å². The molecule has 0 aromatic carbocycles. The molecule has 0 spiro atoms. The van der Waals surface area contributed by atoms with Gasteiger partial charge in [-0.2, -0.15) is 0 Å². The highest BCUT2D eigenvalue weighted by atomic mass is 16.4. The van der Waals surface area contributed by atoms with Crippen molar-refractivity contribution >= 4 is 17.8 Å². The fourth-order valence-electron chi connectivity index (χ4n) is 1.77. The lowest BCUT2D eigenvalue weighted by Gasteiger charge is -2.27. The Labute approximate surface area is 87.2 Å². The predicted molar refractivity (Wildman–Crippen MR) is 51.0 cm³/mol. The zero-order valence-electron chi connectivity index (χ0n) is 8.69. The van der Waals surface area contributed by atoms with E-state index in [1.807, 2.05) is 0 Å². The van der Waals surface area contributed by atoms with Crippen LogP contribution in [0.1, 0.15) is 19.8 Å². The Balaban J connectivity index is 2.82. The van der Waals surface area contributed by atoms with Crippen LogP contribution in [0.4, 0.5) is 0 Å². The number of imide groups is 1. The maximum atomic E-state index is 11.4. The smallest absolute Gasteiger partial charge is 0.322 e. The van der Waals surface area contributed by atoms with Gasteiger partial charge in [0.25, 0.3) is 0 Å². The molecule has 0 radical (unpaired) electrons. The van der Waals surface area contributed by atoms with E-state index < -0.39 is 18.1 Å². The van der Waals surface area contributed by atoms with Crippen molar-refractivity contribution < 1.29 is 19.5 Å². The van der Waals surface area contributed by atoms with Crippen molar-refractivity contribution in [3.8, 4) is 0 Å². The topological polar surface area (TPSA) is 86.7 Å². The summed E-state index contributed by atoms with van der Waals surface area (Å²) in [5.41, 5.74) is 0. The molecule has 6 heteroatoms. The molecule has 1 heterocycles. The van der Waals surface area contributed by atoms with Crippen LogP contribution in [0.5, 0.6) is 0 Å². The first-order chi connectivity index (χ1) is 6.99. The number of rotatable bonds is 4. The van der Waals surface area contributed by atoms with Crippen LogP contribution in [-0.4, -0.2) is 46.9 Å². The lowest BCUT2D eigenvalue weighted by Crippen LogP contribution is -2.53. The second-order valence-electron chi connectivity index (χ2n) is 3.50. The number of carboxylic acid groups (broad SMARTS) is 1. The maximum absolute atomic E-state index is 11.4. The molecule has 1 aliphatic heterocycles. The van der Waals surface area contributed by atoms with Crippen molar-refractivity contribution in [3.05, 3.63) is 0 Å². The SMILES string of the molecule is CNC(C(=O)O)C(C)N1C(=O)CCC1=O. The molecule has 1 saturated heterocycles. The van der Waals surface area contributed by atoms with Crippen LogP contribution in [0, 0.1) is 0 Å². The second kappa shape index (κ2) is 4.39. The van der Waals surface area contributed by atoms with Crippen molar-refractivity contribution in [1.82, 2.24) is 10.2 Å². The fraction of sp³-hybridized carbons (Fsp3) is 0.667. The van der Waals surface area contributed by atoms with Gasteiger partial charge in [0.2, 0.25) is 11.8 Å². The molecular weight excluding hydrogens is 200 g/mol. The Kier molecular flexibility index (Phi) is 3.41. The van der Waals surface area contributed by atoms with E-state index >= 15 is 0 Å². The molecule has 0 bridgehead atoms. The van der Waals surface area contributed by atoms with Crippen molar-refractivity contribution in [2.75, 3.05) is 7.05 Å². The molecule has 0 aromatic heterocycles. The number of amides is 2. The molecule has 0 saturated carbocycles. The van der Waals surface area contributed by atoms with E-state index in [1.54, 1.807) is 6.92 Å². The summed E-state index contributed by atoms with van der Waals surface area (Å²) in [6.45, 7) is 1.55.